The van der Waals surface area contributed by atoms with Gasteiger partial charge < -0.3 is 15.5 Å². The largest absolute Gasteiger partial charge is 0.372 e. The summed E-state index contributed by atoms with van der Waals surface area (Å²) in [6.07, 6.45) is 0. The van der Waals surface area contributed by atoms with Crippen LogP contribution in [0.1, 0.15) is 39.3 Å². The van der Waals surface area contributed by atoms with E-state index in [2.05, 4.69) is 66.7 Å². The molecular weight excluding hydrogens is 284 g/mol. The molecule has 1 fully saturated rings. The van der Waals surface area contributed by atoms with E-state index in [0.717, 1.165) is 39.3 Å². The van der Waals surface area contributed by atoms with Crippen LogP contribution in [-0.4, -0.2) is 61.7 Å². The van der Waals surface area contributed by atoms with Gasteiger partial charge in [-0.25, -0.2) is 0 Å². The van der Waals surface area contributed by atoms with Crippen LogP contribution in [0.25, 0.3) is 0 Å². The highest BCUT2D eigenvalue weighted by molar-refractivity contribution is 5.47. The van der Waals surface area contributed by atoms with Crippen LogP contribution < -0.4 is 10.6 Å². The molecule has 2 atom stereocenters. The Labute approximate surface area is 142 Å². The zero-order valence-corrected chi connectivity index (χ0v) is 15.3. The van der Waals surface area contributed by atoms with Crippen LogP contribution in [0.3, 0.4) is 0 Å². The van der Waals surface area contributed by atoms with E-state index in [0.29, 0.717) is 18.6 Å². The number of piperazine rings is 1. The Bertz CT molecular complexity index is 455. The van der Waals surface area contributed by atoms with Crippen molar-refractivity contribution in [3.63, 3.8) is 0 Å². The summed E-state index contributed by atoms with van der Waals surface area (Å²) in [4.78, 5) is 7.49. The molecule has 2 rings (SSSR count). The van der Waals surface area contributed by atoms with Crippen LogP contribution in [0, 0.1) is 0 Å². The van der Waals surface area contributed by atoms with Gasteiger partial charge in [0.05, 0.1) is 0 Å². The molecule has 4 nitrogen and oxygen atoms in total. The average Bonchev–Trinajstić information content (AvgIpc) is 2.59. The topological polar surface area (TPSA) is 35.7 Å². The van der Waals surface area contributed by atoms with Crippen molar-refractivity contribution in [2.45, 2.75) is 39.8 Å². The minimum absolute atomic E-state index is 0.328. The normalized spacial score (nSPS) is 21.3. The first-order chi connectivity index (χ1) is 11.1. The third kappa shape index (κ3) is 4.25. The zero-order valence-electron chi connectivity index (χ0n) is 15.3. The van der Waals surface area contributed by atoms with E-state index in [1.807, 2.05) is 0 Å². The smallest absolute Gasteiger partial charge is 0.0474 e. The molecule has 4 heteroatoms. The minimum atomic E-state index is 0.328. The van der Waals surface area contributed by atoms with Crippen molar-refractivity contribution < 1.29 is 0 Å². The number of benzene rings is 1. The molecule has 2 unspecified atom stereocenters. The summed E-state index contributed by atoms with van der Waals surface area (Å²) in [7, 11) is 0. The van der Waals surface area contributed by atoms with Gasteiger partial charge in [0.2, 0.25) is 0 Å². The summed E-state index contributed by atoms with van der Waals surface area (Å²) in [5, 5.41) is 0. The van der Waals surface area contributed by atoms with Crippen molar-refractivity contribution in [1.82, 2.24) is 9.80 Å². The Morgan fingerprint density at radius 2 is 1.78 bits per heavy atom. The summed E-state index contributed by atoms with van der Waals surface area (Å²) >= 11 is 0. The number of nitrogens with zero attached hydrogens (tertiary/aromatic N) is 3. The lowest BCUT2D eigenvalue weighted by Gasteiger charge is -2.43. The standard InChI is InChI=1S/C19H34N4/c1-5-21-12-13-23(16(4)15-21)19(14-20)17-8-10-18(11-9-17)22(6-2)7-3/h8-11,16,19H,5-7,12-15,20H2,1-4H3. The molecule has 0 spiro atoms. The maximum Gasteiger partial charge on any atom is 0.0474 e. The fourth-order valence-corrected chi connectivity index (χ4v) is 3.76. The molecule has 2 N–H and O–H groups in total. The van der Waals surface area contributed by atoms with Crippen LogP contribution in [-0.2, 0) is 0 Å². The second-order valence-corrected chi connectivity index (χ2v) is 6.50. The number of hydrogen-bond donors (Lipinski definition) is 1. The van der Waals surface area contributed by atoms with Crippen molar-refractivity contribution in [1.29, 1.82) is 0 Å². The quantitative estimate of drug-likeness (QED) is 0.838. The van der Waals surface area contributed by atoms with Gasteiger partial charge in [-0.3, -0.25) is 4.90 Å². The summed E-state index contributed by atoms with van der Waals surface area (Å²) in [6, 6.07) is 9.92. The van der Waals surface area contributed by atoms with Gasteiger partial charge in [-0.05, 0) is 45.0 Å². The number of hydrogen-bond acceptors (Lipinski definition) is 4. The monoisotopic (exact) mass is 318 g/mol. The molecule has 0 amide bonds. The predicted octanol–water partition coefficient (Wildman–Crippen LogP) is 2.56. The first kappa shape index (κ1) is 18.2. The molecule has 1 heterocycles. The summed E-state index contributed by atoms with van der Waals surface area (Å²) in [6.45, 7) is 16.3. The predicted molar refractivity (Wildman–Crippen MR) is 100 cm³/mol. The van der Waals surface area contributed by atoms with Gasteiger partial charge in [-0.2, -0.15) is 0 Å². The maximum absolute atomic E-state index is 6.15. The fraction of sp³-hybridized carbons (Fsp3) is 0.684. The maximum atomic E-state index is 6.15. The third-order valence-corrected chi connectivity index (χ3v) is 5.24. The summed E-state index contributed by atoms with van der Waals surface area (Å²) in [5.41, 5.74) is 8.80. The number of likely N-dealkylation sites (N-methyl/N-ethyl adjacent to an activating group) is 1. The first-order valence-corrected chi connectivity index (χ1v) is 9.17. The fourth-order valence-electron chi connectivity index (χ4n) is 3.76. The number of nitrogens with two attached hydrogens (primary N) is 1. The SMILES string of the molecule is CCN1CCN(C(CN)c2ccc(N(CC)CC)cc2)C(C)C1. The Morgan fingerprint density at radius 3 is 2.26 bits per heavy atom. The molecule has 1 aliphatic rings. The number of anilines is 1. The summed E-state index contributed by atoms with van der Waals surface area (Å²) in [5.74, 6) is 0. The third-order valence-electron chi connectivity index (χ3n) is 5.24. The minimum Gasteiger partial charge on any atom is -0.372 e. The van der Waals surface area contributed by atoms with Crippen molar-refractivity contribution >= 4 is 5.69 Å². The highest BCUT2D eigenvalue weighted by Gasteiger charge is 2.28. The Morgan fingerprint density at radius 1 is 1.13 bits per heavy atom. The number of rotatable bonds is 7. The molecule has 1 aromatic rings. The molecule has 130 valence electrons. The van der Waals surface area contributed by atoms with E-state index < -0.39 is 0 Å². The zero-order chi connectivity index (χ0) is 16.8. The highest BCUT2D eigenvalue weighted by atomic mass is 15.3. The first-order valence-electron chi connectivity index (χ1n) is 9.17. The lowest BCUT2D eigenvalue weighted by Crippen LogP contribution is -2.53. The molecular formula is C19H34N4. The van der Waals surface area contributed by atoms with Gasteiger partial charge in [0, 0.05) is 57.0 Å². The van der Waals surface area contributed by atoms with Gasteiger partial charge in [0.1, 0.15) is 0 Å². The van der Waals surface area contributed by atoms with Crippen LogP contribution >= 0.6 is 0 Å². The van der Waals surface area contributed by atoms with Gasteiger partial charge in [-0.15, -0.1) is 0 Å². The van der Waals surface area contributed by atoms with E-state index in [1.54, 1.807) is 0 Å². The average molecular weight is 319 g/mol. The molecule has 1 aromatic carbocycles. The van der Waals surface area contributed by atoms with Crippen LogP contribution in [0.5, 0.6) is 0 Å². The van der Waals surface area contributed by atoms with Crippen molar-refractivity contribution in [2.24, 2.45) is 5.73 Å². The summed E-state index contributed by atoms with van der Waals surface area (Å²) < 4.78 is 0. The lowest BCUT2D eigenvalue weighted by atomic mass is 10.0. The van der Waals surface area contributed by atoms with Crippen LogP contribution in [0.4, 0.5) is 5.69 Å². The Balaban J connectivity index is 2.11. The van der Waals surface area contributed by atoms with E-state index in [4.69, 9.17) is 5.73 Å². The van der Waals surface area contributed by atoms with E-state index >= 15 is 0 Å². The van der Waals surface area contributed by atoms with Crippen LogP contribution in [0.15, 0.2) is 24.3 Å². The second-order valence-electron chi connectivity index (χ2n) is 6.50. The lowest BCUT2D eigenvalue weighted by molar-refractivity contribution is 0.0536. The Kier molecular flexibility index (Phi) is 6.88. The Hall–Kier alpha value is -1.10. The highest BCUT2D eigenvalue weighted by Crippen LogP contribution is 2.26. The molecule has 0 aromatic heterocycles. The van der Waals surface area contributed by atoms with E-state index in [1.165, 1.54) is 11.3 Å². The van der Waals surface area contributed by atoms with Crippen molar-refractivity contribution in [2.75, 3.05) is 50.7 Å². The van der Waals surface area contributed by atoms with Gasteiger partial charge >= 0.3 is 0 Å². The molecule has 1 saturated heterocycles. The second kappa shape index (κ2) is 8.67. The molecule has 23 heavy (non-hydrogen) atoms. The van der Waals surface area contributed by atoms with Gasteiger partial charge in [-0.1, -0.05) is 19.1 Å². The van der Waals surface area contributed by atoms with E-state index in [9.17, 15) is 0 Å². The molecule has 0 radical (unpaired) electrons. The van der Waals surface area contributed by atoms with Gasteiger partial charge in [0.25, 0.3) is 0 Å². The van der Waals surface area contributed by atoms with E-state index in [-0.39, 0.29) is 0 Å². The molecule has 1 aliphatic heterocycles. The molecule has 0 bridgehead atoms. The van der Waals surface area contributed by atoms with Crippen molar-refractivity contribution in [3.05, 3.63) is 29.8 Å². The van der Waals surface area contributed by atoms with Gasteiger partial charge in [0.15, 0.2) is 0 Å². The molecule has 0 saturated carbocycles. The van der Waals surface area contributed by atoms with Crippen molar-refractivity contribution in [3.8, 4) is 0 Å². The van der Waals surface area contributed by atoms with Crippen LogP contribution in [0.2, 0.25) is 0 Å². The molecule has 0 aliphatic carbocycles.